The first-order valence-electron chi connectivity index (χ1n) is 9.73. The molecule has 1 aromatic heterocycles. The maximum atomic E-state index is 12.7. The molecule has 0 spiro atoms. The van der Waals surface area contributed by atoms with Crippen LogP contribution < -0.4 is 21.5 Å². The molecule has 2 rings (SSSR count). The number of hydrogen-bond acceptors (Lipinski definition) is 6. The van der Waals surface area contributed by atoms with Crippen LogP contribution in [-0.4, -0.2) is 35.5 Å². The van der Waals surface area contributed by atoms with Gasteiger partial charge in [0, 0.05) is 5.39 Å². The highest BCUT2D eigenvalue weighted by Gasteiger charge is 2.26. The molecule has 2 atom stereocenters. The SMILES string of the molecule is CC(C)C[C@@H](NC(=O)[C@H](N)CCCCN)C(=O)Oc1cnc2ccccc2c1. The van der Waals surface area contributed by atoms with Gasteiger partial charge in [-0.1, -0.05) is 38.5 Å². The maximum absolute atomic E-state index is 12.7. The van der Waals surface area contributed by atoms with Gasteiger partial charge in [0.15, 0.2) is 0 Å². The van der Waals surface area contributed by atoms with E-state index in [1.165, 1.54) is 6.20 Å². The van der Waals surface area contributed by atoms with Gasteiger partial charge in [-0.05, 0) is 43.9 Å². The van der Waals surface area contributed by atoms with Crippen LogP contribution >= 0.6 is 0 Å². The molecule has 7 heteroatoms. The minimum atomic E-state index is -0.764. The van der Waals surface area contributed by atoms with Crippen molar-refractivity contribution in [3.8, 4) is 5.75 Å². The Kier molecular flexibility index (Phi) is 8.35. The molecule has 0 bridgehead atoms. The standard InChI is InChI=1S/C21H30N4O3/c1-14(2)11-19(25-20(26)17(23)8-5-6-10-22)21(27)28-16-12-15-7-3-4-9-18(15)24-13-16/h3-4,7,9,12-14,17,19H,5-6,8,10-11,22-23H2,1-2H3,(H,25,26)/t17-,19-/m1/s1. The summed E-state index contributed by atoms with van der Waals surface area (Å²) in [6.45, 7) is 4.52. The minimum Gasteiger partial charge on any atom is -0.423 e. The average molecular weight is 386 g/mol. The van der Waals surface area contributed by atoms with Crippen molar-refractivity contribution >= 4 is 22.8 Å². The Morgan fingerprint density at radius 3 is 2.68 bits per heavy atom. The summed E-state index contributed by atoms with van der Waals surface area (Å²) in [6, 6.07) is 7.89. The van der Waals surface area contributed by atoms with Gasteiger partial charge in [-0.15, -0.1) is 0 Å². The first kappa shape index (κ1) is 21.8. The fourth-order valence-corrected chi connectivity index (χ4v) is 2.90. The molecule has 0 fully saturated rings. The van der Waals surface area contributed by atoms with E-state index in [4.69, 9.17) is 16.2 Å². The molecule has 7 nitrogen and oxygen atoms in total. The van der Waals surface area contributed by atoms with Gasteiger partial charge in [0.05, 0.1) is 17.8 Å². The molecule has 2 aromatic rings. The number of rotatable bonds is 10. The third-order valence-corrected chi connectivity index (χ3v) is 4.40. The highest BCUT2D eigenvalue weighted by atomic mass is 16.5. The van der Waals surface area contributed by atoms with E-state index < -0.39 is 18.1 Å². The number of nitrogens with two attached hydrogens (primary N) is 2. The highest BCUT2D eigenvalue weighted by molar-refractivity contribution is 5.88. The van der Waals surface area contributed by atoms with Crippen molar-refractivity contribution < 1.29 is 14.3 Å². The molecule has 1 amide bonds. The Balaban J connectivity index is 2.03. The summed E-state index contributed by atoms with van der Waals surface area (Å²) in [5, 5.41) is 3.62. The highest BCUT2D eigenvalue weighted by Crippen LogP contribution is 2.19. The number of pyridine rings is 1. The van der Waals surface area contributed by atoms with E-state index in [-0.39, 0.29) is 11.8 Å². The van der Waals surface area contributed by atoms with Crippen LogP contribution in [0.4, 0.5) is 0 Å². The fraction of sp³-hybridized carbons (Fsp3) is 0.476. The lowest BCUT2D eigenvalue weighted by Crippen LogP contribution is -2.50. The second-order valence-electron chi connectivity index (χ2n) is 7.37. The van der Waals surface area contributed by atoms with Gasteiger partial charge >= 0.3 is 5.97 Å². The van der Waals surface area contributed by atoms with Crippen molar-refractivity contribution in [2.24, 2.45) is 17.4 Å². The fourth-order valence-electron chi connectivity index (χ4n) is 2.90. The molecule has 0 radical (unpaired) electrons. The van der Waals surface area contributed by atoms with Crippen LogP contribution in [0.5, 0.6) is 5.75 Å². The van der Waals surface area contributed by atoms with E-state index in [0.29, 0.717) is 25.1 Å². The number of amides is 1. The smallest absolute Gasteiger partial charge is 0.334 e. The second kappa shape index (κ2) is 10.7. The van der Waals surface area contributed by atoms with Gasteiger partial charge in [0.1, 0.15) is 11.8 Å². The molecule has 0 saturated carbocycles. The molecule has 0 aliphatic rings. The van der Waals surface area contributed by atoms with Crippen LogP contribution in [0.15, 0.2) is 36.5 Å². The molecule has 152 valence electrons. The topological polar surface area (TPSA) is 120 Å². The number of carbonyl (C=O) groups is 2. The number of benzene rings is 1. The minimum absolute atomic E-state index is 0.195. The number of nitrogens with zero attached hydrogens (tertiary/aromatic N) is 1. The van der Waals surface area contributed by atoms with Crippen molar-refractivity contribution in [3.63, 3.8) is 0 Å². The molecule has 5 N–H and O–H groups in total. The summed E-state index contributed by atoms with van der Waals surface area (Å²) < 4.78 is 5.49. The van der Waals surface area contributed by atoms with Crippen LogP contribution in [0.3, 0.4) is 0 Å². The summed E-state index contributed by atoms with van der Waals surface area (Å²) in [5.74, 6) is -0.329. The molecule has 1 heterocycles. The summed E-state index contributed by atoms with van der Waals surface area (Å²) in [5.41, 5.74) is 12.2. The van der Waals surface area contributed by atoms with Crippen molar-refractivity contribution in [3.05, 3.63) is 36.5 Å². The quantitative estimate of drug-likeness (QED) is 0.425. The normalized spacial score (nSPS) is 13.3. The summed E-state index contributed by atoms with van der Waals surface area (Å²) >= 11 is 0. The number of para-hydroxylation sites is 1. The number of carbonyl (C=O) groups excluding carboxylic acids is 2. The number of aromatic nitrogens is 1. The van der Waals surface area contributed by atoms with Crippen LogP contribution in [0.25, 0.3) is 10.9 Å². The zero-order valence-corrected chi connectivity index (χ0v) is 16.6. The number of unbranched alkanes of at least 4 members (excludes halogenated alkanes) is 1. The number of hydrogen-bond donors (Lipinski definition) is 3. The van der Waals surface area contributed by atoms with E-state index >= 15 is 0 Å². The molecule has 0 unspecified atom stereocenters. The average Bonchev–Trinajstić information content (AvgIpc) is 2.67. The molecular weight excluding hydrogens is 356 g/mol. The third-order valence-electron chi connectivity index (χ3n) is 4.40. The molecule has 28 heavy (non-hydrogen) atoms. The molecule has 0 aliphatic heterocycles. The predicted octanol–water partition coefficient (Wildman–Crippen LogP) is 2.13. The van der Waals surface area contributed by atoms with Gasteiger partial charge in [0.2, 0.25) is 5.91 Å². The van der Waals surface area contributed by atoms with E-state index in [2.05, 4.69) is 10.3 Å². The number of esters is 1. The van der Waals surface area contributed by atoms with Gasteiger partial charge in [0.25, 0.3) is 0 Å². The summed E-state index contributed by atoms with van der Waals surface area (Å²) in [7, 11) is 0. The lowest BCUT2D eigenvalue weighted by Gasteiger charge is -2.21. The predicted molar refractivity (Wildman–Crippen MR) is 110 cm³/mol. The van der Waals surface area contributed by atoms with Crippen LogP contribution in [-0.2, 0) is 9.59 Å². The lowest BCUT2D eigenvalue weighted by molar-refractivity contribution is -0.140. The van der Waals surface area contributed by atoms with Gasteiger partial charge in [-0.25, -0.2) is 4.79 Å². The van der Waals surface area contributed by atoms with Gasteiger partial charge in [-0.2, -0.15) is 0 Å². The van der Waals surface area contributed by atoms with E-state index in [9.17, 15) is 9.59 Å². The number of nitrogens with one attached hydrogen (secondary N) is 1. The first-order chi connectivity index (χ1) is 13.4. The van der Waals surface area contributed by atoms with Crippen molar-refractivity contribution in [1.82, 2.24) is 10.3 Å². The van der Waals surface area contributed by atoms with Crippen molar-refractivity contribution in [2.45, 2.75) is 51.6 Å². The Morgan fingerprint density at radius 2 is 1.96 bits per heavy atom. The Labute approximate surface area is 165 Å². The Bertz CT molecular complexity index is 794. The van der Waals surface area contributed by atoms with Crippen LogP contribution in [0.1, 0.15) is 39.5 Å². The van der Waals surface area contributed by atoms with Crippen LogP contribution in [0, 0.1) is 5.92 Å². The number of ether oxygens (including phenoxy) is 1. The van der Waals surface area contributed by atoms with Crippen molar-refractivity contribution in [2.75, 3.05) is 6.54 Å². The van der Waals surface area contributed by atoms with Crippen molar-refractivity contribution in [1.29, 1.82) is 0 Å². The summed E-state index contributed by atoms with van der Waals surface area (Å²) in [4.78, 5) is 29.3. The zero-order valence-electron chi connectivity index (χ0n) is 16.6. The second-order valence-corrected chi connectivity index (χ2v) is 7.37. The third kappa shape index (κ3) is 6.58. The molecule has 0 aliphatic carbocycles. The Hall–Kier alpha value is -2.51. The molecule has 1 aromatic carbocycles. The summed E-state index contributed by atoms with van der Waals surface area (Å²) in [6.07, 6.45) is 4.08. The number of fused-ring (bicyclic) bond motifs is 1. The maximum Gasteiger partial charge on any atom is 0.334 e. The first-order valence-corrected chi connectivity index (χ1v) is 9.73. The molecular formula is C21H30N4O3. The zero-order chi connectivity index (χ0) is 20.5. The molecule has 0 saturated heterocycles. The van der Waals surface area contributed by atoms with E-state index in [1.54, 1.807) is 6.07 Å². The van der Waals surface area contributed by atoms with Crippen LogP contribution in [0.2, 0.25) is 0 Å². The lowest BCUT2D eigenvalue weighted by atomic mass is 10.0. The largest absolute Gasteiger partial charge is 0.423 e. The monoisotopic (exact) mass is 386 g/mol. The van der Waals surface area contributed by atoms with E-state index in [1.807, 2.05) is 38.1 Å². The Morgan fingerprint density at radius 1 is 1.21 bits per heavy atom. The van der Waals surface area contributed by atoms with Gasteiger partial charge in [-0.3, -0.25) is 9.78 Å². The van der Waals surface area contributed by atoms with Gasteiger partial charge < -0.3 is 21.5 Å². The van der Waals surface area contributed by atoms with E-state index in [0.717, 1.165) is 23.7 Å².